The Morgan fingerprint density at radius 2 is 0.667 bits per heavy atom. The minimum Gasteiger partial charge on any atom is -0.483 e. The van der Waals surface area contributed by atoms with Gasteiger partial charge in [-0.15, -0.1) is 0 Å². The van der Waals surface area contributed by atoms with Gasteiger partial charge in [0.05, 0.1) is 17.1 Å². The van der Waals surface area contributed by atoms with Crippen molar-refractivity contribution in [3.8, 4) is 17.2 Å². The fourth-order valence-electron chi connectivity index (χ4n) is 8.09. The number of rotatable bonds is 24. The van der Waals surface area contributed by atoms with Crippen molar-refractivity contribution >= 4 is 17.7 Å². The molecule has 0 fully saturated rings. The van der Waals surface area contributed by atoms with Crippen LogP contribution in [0.4, 0.5) is 0 Å². The van der Waals surface area contributed by atoms with Gasteiger partial charge in [-0.1, -0.05) is 91.0 Å². The van der Waals surface area contributed by atoms with Crippen molar-refractivity contribution < 1.29 is 28.6 Å². The van der Waals surface area contributed by atoms with Crippen LogP contribution in [0.2, 0.25) is 0 Å². The Labute approximate surface area is 418 Å². The van der Waals surface area contributed by atoms with Crippen LogP contribution in [0.25, 0.3) is 0 Å². The summed E-state index contributed by atoms with van der Waals surface area (Å²) in [7, 11) is 0. The number of benzene rings is 4. The second-order valence-electron chi connectivity index (χ2n) is 17.3. The number of carbonyl (C=O) groups excluding carboxylic acids is 3. The number of nitrogens with zero attached hydrogens (tertiary/aromatic N) is 3. The van der Waals surface area contributed by atoms with Gasteiger partial charge >= 0.3 is 0 Å². The van der Waals surface area contributed by atoms with Gasteiger partial charge in [-0.2, -0.15) is 0 Å². The first-order valence-electron chi connectivity index (χ1n) is 24.0. The number of nitrogens with one attached hydrogen (secondary N) is 3. The van der Waals surface area contributed by atoms with Crippen molar-refractivity contribution in [3.63, 3.8) is 0 Å². The third-order valence-corrected chi connectivity index (χ3v) is 12.1. The molecule has 4 aromatic carbocycles. The summed E-state index contributed by atoms with van der Waals surface area (Å²) in [4.78, 5) is 79.3. The highest BCUT2D eigenvalue weighted by Crippen LogP contribution is 2.18. The number of carbonyl (C=O) groups is 3. The Kier molecular flexibility index (Phi) is 18.1. The SMILES string of the molecule is Cc1c(OCc2ccccc2)c(=O)ccn1CCCNC(=O)c1cc(C(=O)NCCCn2ccc(=O)c(OCc3ccccc3)c2C)cc(C(=O)NCCCn2ccc(=O)c(OCc3ccccc3)c2C)c1. The van der Waals surface area contributed by atoms with Crippen molar-refractivity contribution in [1.82, 2.24) is 29.7 Å². The second-order valence-corrected chi connectivity index (χ2v) is 17.3. The molecule has 0 saturated heterocycles. The zero-order valence-corrected chi connectivity index (χ0v) is 40.9. The summed E-state index contributed by atoms with van der Waals surface area (Å²) in [6, 6.07) is 37.5. The van der Waals surface area contributed by atoms with E-state index >= 15 is 0 Å². The summed E-state index contributed by atoms with van der Waals surface area (Å²) in [5.41, 5.74) is 4.53. The Morgan fingerprint density at radius 1 is 0.403 bits per heavy atom. The number of aromatic nitrogens is 3. The fourth-order valence-corrected chi connectivity index (χ4v) is 8.09. The maximum absolute atomic E-state index is 13.7. The van der Waals surface area contributed by atoms with Gasteiger partial charge in [-0.25, -0.2) is 0 Å². The van der Waals surface area contributed by atoms with E-state index in [0.717, 1.165) is 16.7 Å². The van der Waals surface area contributed by atoms with Crippen molar-refractivity contribution in [1.29, 1.82) is 0 Å². The van der Waals surface area contributed by atoms with E-state index in [0.29, 0.717) is 56.0 Å². The lowest BCUT2D eigenvalue weighted by Crippen LogP contribution is -2.30. The first-order chi connectivity index (χ1) is 34.9. The smallest absolute Gasteiger partial charge is 0.251 e. The molecule has 3 heterocycles. The monoisotopic (exact) mass is 972 g/mol. The largest absolute Gasteiger partial charge is 0.483 e. The van der Waals surface area contributed by atoms with Crippen LogP contribution in [0.1, 0.15) is 84.1 Å². The van der Waals surface area contributed by atoms with Crippen LogP contribution >= 0.6 is 0 Å². The zero-order valence-electron chi connectivity index (χ0n) is 40.9. The third kappa shape index (κ3) is 14.1. The predicted octanol–water partition coefficient (Wildman–Crippen LogP) is 7.29. The maximum atomic E-state index is 13.7. The molecule has 0 aliphatic rings. The molecule has 0 unspecified atom stereocenters. The minimum absolute atomic E-state index is 0.128. The highest BCUT2D eigenvalue weighted by Gasteiger charge is 2.18. The number of amides is 3. The van der Waals surface area contributed by atoms with E-state index in [9.17, 15) is 28.8 Å². The van der Waals surface area contributed by atoms with Crippen molar-refractivity contribution in [2.45, 2.75) is 79.5 Å². The van der Waals surface area contributed by atoms with E-state index in [2.05, 4.69) is 16.0 Å². The molecular formula is C57H60N6O9. The van der Waals surface area contributed by atoms with E-state index in [1.165, 1.54) is 36.4 Å². The van der Waals surface area contributed by atoms with E-state index in [1.807, 2.05) is 125 Å². The summed E-state index contributed by atoms with van der Waals surface area (Å²) >= 11 is 0. The Balaban J connectivity index is 0.982. The Bertz CT molecular complexity index is 2800. The molecule has 0 saturated carbocycles. The average molecular weight is 973 g/mol. The van der Waals surface area contributed by atoms with Crippen molar-refractivity contribution in [3.05, 3.63) is 227 Å². The van der Waals surface area contributed by atoms with Crippen LogP contribution in [0.5, 0.6) is 17.2 Å². The van der Waals surface area contributed by atoms with E-state index in [-0.39, 0.29) is 89.7 Å². The summed E-state index contributed by atoms with van der Waals surface area (Å²) in [5.74, 6) is -0.621. The van der Waals surface area contributed by atoms with Gasteiger partial charge in [-0.05, 0) is 74.9 Å². The quantitative estimate of drug-likeness (QED) is 0.0524. The van der Waals surface area contributed by atoms with Crippen LogP contribution in [0.15, 0.2) is 160 Å². The minimum atomic E-state index is -0.472. The first kappa shape index (κ1) is 51.4. The number of pyridine rings is 3. The summed E-state index contributed by atoms with van der Waals surface area (Å²) < 4.78 is 23.5. The van der Waals surface area contributed by atoms with Gasteiger partial charge in [0.15, 0.2) is 17.2 Å². The number of hydrogen-bond donors (Lipinski definition) is 3. The molecule has 0 aliphatic carbocycles. The average Bonchev–Trinajstić information content (AvgIpc) is 3.39. The molecule has 372 valence electrons. The van der Waals surface area contributed by atoms with Gasteiger partial charge in [-0.3, -0.25) is 28.8 Å². The molecule has 72 heavy (non-hydrogen) atoms. The standard InChI is InChI=1S/C57H60N6O9/c1-40-52(70-37-43-16-7-4-8-17-43)49(64)22-31-61(40)28-13-25-58-55(67)46-34-47(56(68)59-26-14-29-62-32-23-50(65)53(41(62)2)71-38-44-18-9-5-10-19-44)36-48(35-46)57(69)60-27-15-30-63-33-24-51(66)54(42(63)3)72-39-45-20-11-6-12-21-45/h4-12,16-24,31-36H,13-15,25-30,37-39H2,1-3H3,(H,58,67)(H,59,68)(H,60,69). The normalized spacial score (nSPS) is 10.9. The van der Waals surface area contributed by atoms with Crippen LogP contribution in [0, 0.1) is 20.8 Å². The second kappa shape index (κ2) is 25.4. The highest BCUT2D eigenvalue weighted by atomic mass is 16.5. The molecule has 0 radical (unpaired) electrons. The molecule has 0 bridgehead atoms. The van der Waals surface area contributed by atoms with Gasteiger partial charge in [0.25, 0.3) is 17.7 Å². The van der Waals surface area contributed by atoms with Gasteiger partial charge in [0.1, 0.15) is 19.8 Å². The Morgan fingerprint density at radius 3 is 0.931 bits per heavy atom. The molecule has 0 spiro atoms. The topological polar surface area (TPSA) is 181 Å². The van der Waals surface area contributed by atoms with Crippen molar-refractivity contribution in [2.75, 3.05) is 19.6 Å². The van der Waals surface area contributed by atoms with Crippen LogP contribution < -0.4 is 46.4 Å². The molecule has 0 atom stereocenters. The lowest BCUT2D eigenvalue weighted by atomic mass is 10.0. The molecule has 3 amide bonds. The summed E-state index contributed by atoms with van der Waals surface area (Å²) in [6.07, 6.45) is 6.61. The predicted molar refractivity (Wildman–Crippen MR) is 276 cm³/mol. The molecule has 3 aromatic heterocycles. The van der Waals surface area contributed by atoms with Crippen LogP contribution in [-0.4, -0.2) is 51.1 Å². The van der Waals surface area contributed by atoms with Gasteiger partial charge in [0.2, 0.25) is 16.3 Å². The molecule has 15 nitrogen and oxygen atoms in total. The maximum Gasteiger partial charge on any atom is 0.251 e. The van der Waals surface area contributed by atoms with Gasteiger partial charge < -0.3 is 43.9 Å². The molecule has 3 N–H and O–H groups in total. The summed E-state index contributed by atoms with van der Waals surface area (Å²) in [6.45, 7) is 8.41. The van der Waals surface area contributed by atoms with E-state index in [1.54, 1.807) is 18.6 Å². The number of hydrogen-bond acceptors (Lipinski definition) is 9. The number of ether oxygens (including phenoxy) is 3. The summed E-state index contributed by atoms with van der Waals surface area (Å²) in [5, 5.41) is 8.76. The van der Waals surface area contributed by atoms with E-state index in [4.69, 9.17) is 14.2 Å². The van der Waals surface area contributed by atoms with Gasteiger partial charge in [0, 0.05) is 92.7 Å². The molecule has 7 aromatic rings. The van der Waals surface area contributed by atoms with E-state index < -0.39 is 17.7 Å². The molecule has 7 rings (SSSR count). The fraction of sp³-hybridized carbons (Fsp3) is 0.263. The molecular weight excluding hydrogens is 913 g/mol. The molecule has 15 heteroatoms. The van der Waals surface area contributed by atoms with Crippen molar-refractivity contribution in [2.24, 2.45) is 0 Å². The molecule has 0 aliphatic heterocycles. The van der Waals surface area contributed by atoms with Crippen LogP contribution in [-0.2, 0) is 39.5 Å². The first-order valence-corrected chi connectivity index (χ1v) is 24.0. The van der Waals surface area contributed by atoms with Crippen LogP contribution in [0.3, 0.4) is 0 Å². The Hall–Kier alpha value is -8.46. The third-order valence-electron chi connectivity index (χ3n) is 12.1. The lowest BCUT2D eigenvalue weighted by molar-refractivity contribution is 0.0952. The zero-order chi connectivity index (χ0) is 50.8. The lowest BCUT2D eigenvalue weighted by Gasteiger charge is -2.16. The number of aryl methyl sites for hydroxylation is 3. The highest BCUT2D eigenvalue weighted by molar-refractivity contribution is 6.04.